The van der Waals surface area contributed by atoms with Crippen molar-refractivity contribution in [1.82, 2.24) is 4.90 Å². The molecule has 1 heterocycles. The van der Waals surface area contributed by atoms with Crippen LogP contribution in [0.4, 0.5) is 5.69 Å². The van der Waals surface area contributed by atoms with Gasteiger partial charge in [-0.05, 0) is 35.9 Å². The van der Waals surface area contributed by atoms with Crippen LogP contribution in [0.15, 0.2) is 47.6 Å². The molecule has 2 aromatic carbocycles. The van der Waals surface area contributed by atoms with Crippen LogP contribution >= 0.6 is 0 Å². The second-order valence-corrected chi connectivity index (χ2v) is 6.18. The van der Waals surface area contributed by atoms with E-state index in [1.807, 2.05) is 18.2 Å². The van der Waals surface area contributed by atoms with Gasteiger partial charge in [-0.25, -0.2) is 4.79 Å². The first kappa shape index (κ1) is 18.9. The summed E-state index contributed by atoms with van der Waals surface area (Å²) in [5.41, 5.74) is 5.41. The van der Waals surface area contributed by atoms with Crippen LogP contribution in [0.5, 0.6) is 5.75 Å². The number of rotatable bonds is 7. The molecule has 2 aromatic rings. The molecule has 1 aliphatic heterocycles. The van der Waals surface area contributed by atoms with Crippen molar-refractivity contribution in [3.05, 3.63) is 59.2 Å². The van der Waals surface area contributed by atoms with Crippen molar-refractivity contribution in [2.75, 3.05) is 38.8 Å². The van der Waals surface area contributed by atoms with Gasteiger partial charge >= 0.3 is 5.97 Å². The second-order valence-electron chi connectivity index (χ2n) is 6.18. The topological polar surface area (TPSA) is 83.4 Å². The van der Waals surface area contributed by atoms with Gasteiger partial charge in [0.15, 0.2) is 0 Å². The zero-order valence-electron chi connectivity index (χ0n) is 15.2. The molecule has 1 fully saturated rings. The fourth-order valence-corrected chi connectivity index (χ4v) is 2.95. The molecule has 142 valence electrons. The molecule has 27 heavy (non-hydrogen) atoms. The Kier molecular flexibility index (Phi) is 6.40. The monoisotopic (exact) mass is 369 g/mol. The Morgan fingerprint density at radius 1 is 1.30 bits per heavy atom. The number of carboxylic acid groups (broad SMARTS) is 1. The Balaban J connectivity index is 1.72. The number of methoxy groups -OCH3 is 1. The van der Waals surface area contributed by atoms with Crippen LogP contribution in [0.2, 0.25) is 0 Å². The smallest absolute Gasteiger partial charge is 0.337 e. The minimum atomic E-state index is -0.995. The Bertz CT molecular complexity index is 817. The molecule has 1 aliphatic rings. The summed E-state index contributed by atoms with van der Waals surface area (Å²) in [6.07, 6.45) is 1.67. The molecule has 0 spiro atoms. The van der Waals surface area contributed by atoms with Crippen molar-refractivity contribution in [3.63, 3.8) is 0 Å². The SMILES string of the molecule is COc1ccc(C=NNc2ccccc2C(=O)O)cc1CN1CCOCC1. The highest BCUT2D eigenvalue weighted by molar-refractivity contribution is 5.94. The lowest BCUT2D eigenvalue weighted by Crippen LogP contribution is -2.35. The molecule has 7 nitrogen and oxygen atoms in total. The average Bonchev–Trinajstić information content (AvgIpc) is 2.69. The van der Waals surface area contributed by atoms with Gasteiger partial charge in [0.1, 0.15) is 5.75 Å². The Morgan fingerprint density at radius 3 is 2.81 bits per heavy atom. The predicted octanol–water partition coefficient (Wildman–Crippen LogP) is 2.67. The van der Waals surface area contributed by atoms with Crippen LogP contribution in [-0.2, 0) is 11.3 Å². The van der Waals surface area contributed by atoms with Gasteiger partial charge < -0.3 is 14.6 Å². The van der Waals surface area contributed by atoms with Crippen LogP contribution in [0.25, 0.3) is 0 Å². The number of para-hydroxylation sites is 1. The number of hydrogen-bond donors (Lipinski definition) is 2. The van der Waals surface area contributed by atoms with Crippen molar-refractivity contribution in [2.24, 2.45) is 5.10 Å². The van der Waals surface area contributed by atoms with Gasteiger partial charge in [0.2, 0.25) is 0 Å². The summed E-state index contributed by atoms with van der Waals surface area (Å²) in [4.78, 5) is 13.6. The molecule has 0 radical (unpaired) electrons. The summed E-state index contributed by atoms with van der Waals surface area (Å²) in [7, 11) is 1.66. The summed E-state index contributed by atoms with van der Waals surface area (Å²) in [6, 6.07) is 12.5. The lowest BCUT2D eigenvalue weighted by molar-refractivity contribution is 0.0339. The third-order valence-corrected chi connectivity index (χ3v) is 4.36. The summed E-state index contributed by atoms with van der Waals surface area (Å²) >= 11 is 0. The van der Waals surface area contributed by atoms with Gasteiger partial charge in [0.25, 0.3) is 0 Å². The first-order valence-corrected chi connectivity index (χ1v) is 8.76. The van der Waals surface area contributed by atoms with E-state index in [1.165, 1.54) is 6.07 Å². The second kappa shape index (κ2) is 9.16. The number of ether oxygens (including phenoxy) is 2. The first-order valence-electron chi connectivity index (χ1n) is 8.76. The predicted molar refractivity (Wildman–Crippen MR) is 104 cm³/mol. The molecule has 0 saturated carbocycles. The van der Waals surface area contributed by atoms with E-state index in [0.29, 0.717) is 5.69 Å². The molecule has 0 atom stereocenters. The number of carbonyl (C=O) groups is 1. The van der Waals surface area contributed by atoms with Gasteiger partial charge in [0.05, 0.1) is 37.8 Å². The average molecular weight is 369 g/mol. The maximum absolute atomic E-state index is 11.2. The molecule has 3 rings (SSSR count). The fraction of sp³-hybridized carbons (Fsp3) is 0.300. The van der Waals surface area contributed by atoms with E-state index in [1.54, 1.807) is 31.5 Å². The highest BCUT2D eigenvalue weighted by atomic mass is 16.5. The van der Waals surface area contributed by atoms with E-state index >= 15 is 0 Å². The van der Waals surface area contributed by atoms with E-state index in [-0.39, 0.29) is 5.56 Å². The molecular formula is C20H23N3O4. The van der Waals surface area contributed by atoms with Gasteiger partial charge in [0, 0.05) is 25.2 Å². The van der Waals surface area contributed by atoms with Crippen LogP contribution in [0.1, 0.15) is 21.5 Å². The van der Waals surface area contributed by atoms with Crippen molar-refractivity contribution in [1.29, 1.82) is 0 Å². The van der Waals surface area contributed by atoms with Crippen LogP contribution < -0.4 is 10.2 Å². The third-order valence-electron chi connectivity index (χ3n) is 4.36. The molecule has 0 unspecified atom stereocenters. The van der Waals surface area contributed by atoms with E-state index in [2.05, 4.69) is 15.4 Å². The van der Waals surface area contributed by atoms with Crippen LogP contribution in [0, 0.1) is 0 Å². The van der Waals surface area contributed by atoms with Crippen LogP contribution in [0.3, 0.4) is 0 Å². The normalized spacial score (nSPS) is 15.0. The van der Waals surface area contributed by atoms with Gasteiger partial charge in [-0.2, -0.15) is 5.10 Å². The van der Waals surface area contributed by atoms with E-state index < -0.39 is 5.97 Å². The fourth-order valence-electron chi connectivity index (χ4n) is 2.95. The zero-order valence-corrected chi connectivity index (χ0v) is 15.2. The molecule has 1 saturated heterocycles. The summed E-state index contributed by atoms with van der Waals surface area (Å²) in [6.45, 7) is 4.07. The number of nitrogens with one attached hydrogen (secondary N) is 1. The minimum absolute atomic E-state index is 0.178. The number of aromatic carboxylic acids is 1. The van der Waals surface area contributed by atoms with Gasteiger partial charge in [-0.15, -0.1) is 0 Å². The number of benzene rings is 2. The van der Waals surface area contributed by atoms with Crippen molar-refractivity contribution in [3.8, 4) is 5.75 Å². The zero-order chi connectivity index (χ0) is 19.1. The molecule has 0 amide bonds. The lowest BCUT2D eigenvalue weighted by atomic mass is 10.1. The number of carboxylic acids is 1. The highest BCUT2D eigenvalue weighted by Gasteiger charge is 2.13. The van der Waals surface area contributed by atoms with E-state index in [0.717, 1.165) is 49.7 Å². The first-order chi connectivity index (χ1) is 13.2. The Labute approximate surface area is 158 Å². The minimum Gasteiger partial charge on any atom is -0.496 e. The van der Waals surface area contributed by atoms with Gasteiger partial charge in [-0.1, -0.05) is 12.1 Å². The molecule has 2 N–H and O–H groups in total. The number of anilines is 1. The van der Waals surface area contributed by atoms with Crippen molar-refractivity contribution < 1.29 is 19.4 Å². The molecular weight excluding hydrogens is 346 g/mol. The number of hydrazone groups is 1. The van der Waals surface area contributed by atoms with Crippen molar-refractivity contribution >= 4 is 17.9 Å². The largest absolute Gasteiger partial charge is 0.496 e. The Hall–Kier alpha value is -2.90. The third kappa shape index (κ3) is 5.06. The maximum atomic E-state index is 11.2. The van der Waals surface area contributed by atoms with Gasteiger partial charge in [-0.3, -0.25) is 10.3 Å². The van der Waals surface area contributed by atoms with E-state index in [9.17, 15) is 9.90 Å². The molecule has 0 aromatic heterocycles. The standard InChI is InChI=1S/C20H23N3O4/c1-26-19-7-6-15(12-16(19)14-23-8-10-27-11-9-23)13-21-22-18-5-3-2-4-17(18)20(24)25/h2-7,12-13,22H,8-11,14H2,1H3,(H,24,25). The summed E-state index contributed by atoms with van der Waals surface area (Å²) in [5.74, 6) is -0.159. The lowest BCUT2D eigenvalue weighted by Gasteiger charge is -2.27. The van der Waals surface area contributed by atoms with E-state index in [4.69, 9.17) is 9.47 Å². The van der Waals surface area contributed by atoms with Crippen LogP contribution in [-0.4, -0.2) is 55.6 Å². The maximum Gasteiger partial charge on any atom is 0.337 e. The summed E-state index contributed by atoms with van der Waals surface area (Å²) in [5, 5.41) is 13.4. The number of nitrogens with zero attached hydrogens (tertiary/aromatic N) is 2. The Morgan fingerprint density at radius 2 is 2.07 bits per heavy atom. The number of hydrogen-bond acceptors (Lipinski definition) is 6. The molecule has 0 bridgehead atoms. The highest BCUT2D eigenvalue weighted by Crippen LogP contribution is 2.22. The van der Waals surface area contributed by atoms with Crippen molar-refractivity contribution in [2.45, 2.75) is 6.54 Å². The molecule has 0 aliphatic carbocycles. The quantitative estimate of drug-likeness (QED) is 0.577. The number of morpholine rings is 1. The molecule has 7 heteroatoms. The summed E-state index contributed by atoms with van der Waals surface area (Å²) < 4.78 is 10.9.